The molecule has 0 aromatic carbocycles. The van der Waals surface area contributed by atoms with E-state index in [0.29, 0.717) is 12.5 Å². The van der Waals surface area contributed by atoms with Gasteiger partial charge in [0.15, 0.2) is 0 Å². The quantitative estimate of drug-likeness (QED) is 0.465. The van der Waals surface area contributed by atoms with Crippen molar-refractivity contribution >= 4 is 11.8 Å². The lowest BCUT2D eigenvalue weighted by molar-refractivity contribution is 0.197. The van der Waals surface area contributed by atoms with Crippen molar-refractivity contribution in [2.75, 3.05) is 6.61 Å². The lowest BCUT2D eigenvalue weighted by Crippen LogP contribution is -2.36. The first kappa shape index (κ1) is 7.93. The molecule has 2 atom stereocenters. The van der Waals surface area contributed by atoms with Gasteiger partial charge in [-0.2, -0.15) is 0 Å². The molecule has 0 aliphatic carbocycles. The summed E-state index contributed by atoms with van der Waals surface area (Å²) in [5.41, 5.74) is 0. The van der Waals surface area contributed by atoms with Gasteiger partial charge in [-0.3, -0.25) is 0 Å². The Balaban J connectivity index is 1.94. The second-order valence-corrected chi connectivity index (χ2v) is 5.67. The molecule has 2 saturated heterocycles. The van der Waals surface area contributed by atoms with Crippen molar-refractivity contribution in [2.24, 2.45) is 5.92 Å². The lowest BCUT2D eigenvalue weighted by atomic mass is 9.90. The van der Waals surface area contributed by atoms with Crippen molar-refractivity contribution in [1.29, 1.82) is 0 Å². The minimum atomic E-state index is 0.433. The highest BCUT2D eigenvalue weighted by atomic mass is 32.2. The molecule has 64 valence electrons. The minimum absolute atomic E-state index is 0.433. The third-order valence-corrected chi connectivity index (χ3v) is 4.75. The van der Waals surface area contributed by atoms with Gasteiger partial charge in [0.05, 0.1) is 0 Å². The monoisotopic (exact) mass is 173 g/mol. The van der Waals surface area contributed by atoms with Crippen LogP contribution in [0.4, 0.5) is 0 Å². The first-order chi connectivity index (χ1) is 5.38. The SMILES string of the molecule is OCC1CC2CCCC(C1)[SH+]2. The van der Waals surface area contributed by atoms with E-state index in [9.17, 15) is 0 Å². The highest BCUT2D eigenvalue weighted by Crippen LogP contribution is 2.34. The Morgan fingerprint density at radius 3 is 2.36 bits per heavy atom. The minimum Gasteiger partial charge on any atom is -0.396 e. The number of hydrogen-bond acceptors (Lipinski definition) is 1. The zero-order chi connectivity index (χ0) is 7.68. The topological polar surface area (TPSA) is 20.2 Å². The van der Waals surface area contributed by atoms with Gasteiger partial charge in [0, 0.05) is 6.61 Å². The molecule has 0 radical (unpaired) electrons. The van der Waals surface area contributed by atoms with Crippen LogP contribution in [-0.2, 0) is 11.8 Å². The van der Waals surface area contributed by atoms with Crippen LogP contribution in [0.5, 0.6) is 0 Å². The summed E-state index contributed by atoms with van der Waals surface area (Å²) in [7, 11) is 0. The number of fused-ring (bicyclic) bond motifs is 2. The van der Waals surface area contributed by atoms with Gasteiger partial charge in [0.25, 0.3) is 0 Å². The van der Waals surface area contributed by atoms with E-state index in [-0.39, 0.29) is 0 Å². The third kappa shape index (κ3) is 1.73. The van der Waals surface area contributed by atoms with Gasteiger partial charge in [-0.05, 0) is 49.8 Å². The molecular weight excluding hydrogens is 156 g/mol. The van der Waals surface area contributed by atoms with Crippen molar-refractivity contribution < 1.29 is 5.11 Å². The molecule has 0 saturated carbocycles. The molecule has 11 heavy (non-hydrogen) atoms. The maximum Gasteiger partial charge on any atom is 0.116 e. The van der Waals surface area contributed by atoms with Crippen LogP contribution in [0, 0.1) is 5.92 Å². The van der Waals surface area contributed by atoms with E-state index in [1.807, 2.05) is 0 Å². The van der Waals surface area contributed by atoms with Crippen LogP contribution in [0.3, 0.4) is 0 Å². The molecule has 2 heteroatoms. The first-order valence-corrected chi connectivity index (χ1v) is 5.72. The summed E-state index contributed by atoms with van der Waals surface area (Å²) in [6.07, 6.45) is 6.90. The Labute approximate surface area is 72.6 Å². The standard InChI is InChI=1S/C9H16OS/c10-6-7-4-8-2-1-3-9(5-7)11-8/h7-10H,1-6H2/p+1. The van der Waals surface area contributed by atoms with Crippen LogP contribution in [0.1, 0.15) is 32.1 Å². The second-order valence-electron chi connectivity index (χ2n) is 3.91. The zero-order valence-corrected chi connectivity index (χ0v) is 7.76. The maximum atomic E-state index is 9.04. The molecule has 2 rings (SSSR count). The van der Waals surface area contributed by atoms with Crippen LogP contribution in [0.25, 0.3) is 0 Å². The predicted octanol–water partition coefficient (Wildman–Crippen LogP) is 1.12. The Morgan fingerprint density at radius 1 is 1.18 bits per heavy atom. The number of aliphatic hydroxyl groups excluding tert-OH is 1. The fourth-order valence-electron chi connectivity index (χ4n) is 2.41. The second kappa shape index (κ2) is 3.36. The molecule has 2 heterocycles. The number of thiol groups is 1. The molecule has 2 unspecified atom stereocenters. The van der Waals surface area contributed by atoms with E-state index in [0.717, 1.165) is 10.5 Å². The summed E-state index contributed by atoms with van der Waals surface area (Å²) in [5.74, 6) is 0.645. The number of hydrogen-bond donors (Lipinski definition) is 1. The van der Waals surface area contributed by atoms with Crippen LogP contribution in [0.2, 0.25) is 0 Å². The highest BCUT2D eigenvalue weighted by molar-refractivity contribution is 7.80. The smallest absolute Gasteiger partial charge is 0.116 e. The average molecular weight is 173 g/mol. The van der Waals surface area contributed by atoms with E-state index < -0.39 is 0 Å². The normalized spacial score (nSPS) is 43.9. The summed E-state index contributed by atoms with van der Waals surface area (Å²) in [6, 6.07) is 0. The molecule has 1 nitrogen and oxygen atoms in total. The molecule has 2 bridgehead atoms. The van der Waals surface area contributed by atoms with Crippen molar-refractivity contribution in [3.8, 4) is 0 Å². The first-order valence-electron chi connectivity index (χ1n) is 4.69. The van der Waals surface area contributed by atoms with Gasteiger partial charge < -0.3 is 5.11 Å². The summed E-state index contributed by atoms with van der Waals surface area (Å²) in [5, 5.41) is 10.9. The van der Waals surface area contributed by atoms with Crippen molar-refractivity contribution in [2.45, 2.75) is 42.6 Å². The van der Waals surface area contributed by atoms with Crippen LogP contribution in [-0.4, -0.2) is 22.2 Å². The fraction of sp³-hybridized carbons (Fsp3) is 1.00. The molecule has 2 aliphatic rings. The summed E-state index contributed by atoms with van der Waals surface area (Å²) < 4.78 is 0. The number of aliphatic hydroxyl groups is 1. The molecule has 2 aliphatic heterocycles. The van der Waals surface area contributed by atoms with Crippen molar-refractivity contribution in [3.05, 3.63) is 0 Å². The maximum absolute atomic E-state index is 9.04. The fourth-order valence-corrected chi connectivity index (χ4v) is 4.51. The van der Waals surface area contributed by atoms with Gasteiger partial charge in [0.1, 0.15) is 10.5 Å². The predicted molar refractivity (Wildman–Crippen MR) is 50.0 cm³/mol. The largest absolute Gasteiger partial charge is 0.396 e. The van der Waals surface area contributed by atoms with Gasteiger partial charge in [-0.15, -0.1) is 0 Å². The third-order valence-electron chi connectivity index (χ3n) is 2.97. The van der Waals surface area contributed by atoms with Crippen LogP contribution >= 0.6 is 0 Å². The Kier molecular flexibility index (Phi) is 2.42. The average Bonchev–Trinajstić information content (AvgIpc) is 2.03. The van der Waals surface area contributed by atoms with Crippen molar-refractivity contribution in [1.82, 2.24) is 0 Å². The highest BCUT2D eigenvalue weighted by Gasteiger charge is 2.38. The molecular formula is C9H17OS+. The van der Waals surface area contributed by atoms with Gasteiger partial charge >= 0.3 is 0 Å². The molecule has 0 aromatic heterocycles. The lowest BCUT2D eigenvalue weighted by Gasteiger charge is -2.31. The van der Waals surface area contributed by atoms with Crippen LogP contribution < -0.4 is 0 Å². The molecule has 0 amide bonds. The van der Waals surface area contributed by atoms with Crippen LogP contribution in [0.15, 0.2) is 0 Å². The van der Waals surface area contributed by atoms with E-state index in [2.05, 4.69) is 0 Å². The molecule has 1 N–H and O–H groups in total. The molecule has 0 aromatic rings. The Hall–Kier alpha value is 0.310. The van der Waals surface area contributed by atoms with Gasteiger partial charge in [-0.25, -0.2) is 0 Å². The summed E-state index contributed by atoms with van der Waals surface area (Å²) >= 11 is 1.71. The zero-order valence-electron chi connectivity index (χ0n) is 6.87. The van der Waals surface area contributed by atoms with E-state index >= 15 is 0 Å². The van der Waals surface area contributed by atoms with Gasteiger partial charge in [-0.1, -0.05) is 0 Å². The Bertz CT molecular complexity index is 126. The molecule has 0 spiro atoms. The summed E-state index contributed by atoms with van der Waals surface area (Å²) in [6.45, 7) is 0.433. The van der Waals surface area contributed by atoms with E-state index in [4.69, 9.17) is 5.11 Å². The van der Waals surface area contributed by atoms with Crippen molar-refractivity contribution in [3.63, 3.8) is 0 Å². The van der Waals surface area contributed by atoms with E-state index in [1.165, 1.54) is 32.1 Å². The summed E-state index contributed by atoms with van der Waals surface area (Å²) in [4.78, 5) is 0. The van der Waals surface area contributed by atoms with Gasteiger partial charge in [0.2, 0.25) is 0 Å². The van der Waals surface area contributed by atoms with E-state index in [1.54, 1.807) is 11.8 Å². The molecule has 2 fully saturated rings. The Morgan fingerprint density at radius 2 is 1.82 bits per heavy atom. The number of rotatable bonds is 1.